The van der Waals surface area contributed by atoms with Gasteiger partial charge in [-0.25, -0.2) is 0 Å². The quantitative estimate of drug-likeness (QED) is 0.923. The highest BCUT2D eigenvalue weighted by Gasteiger charge is 2.31. The van der Waals surface area contributed by atoms with Crippen LogP contribution >= 0.6 is 0 Å². The van der Waals surface area contributed by atoms with Crippen molar-refractivity contribution in [2.45, 2.75) is 13.1 Å². The second kappa shape index (κ2) is 5.91. The van der Waals surface area contributed by atoms with E-state index in [0.717, 1.165) is 12.1 Å². The van der Waals surface area contributed by atoms with Gasteiger partial charge in [0.15, 0.2) is 0 Å². The molecular weight excluding hydrogens is 309 g/mol. The summed E-state index contributed by atoms with van der Waals surface area (Å²) in [5, 5.41) is 2.35. The number of hydrogen-bond donors (Lipinski definition) is 1. The molecule has 2 aromatic rings. The van der Waals surface area contributed by atoms with Crippen molar-refractivity contribution in [2.24, 2.45) is 7.05 Å². The van der Waals surface area contributed by atoms with Gasteiger partial charge in [-0.15, -0.1) is 0 Å². The van der Waals surface area contributed by atoms with Crippen molar-refractivity contribution in [2.75, 3.05) is 7.05 Å². The molecule has 0 saturated heterocycles. The summed E-state index contributed by atoms with van der Waals surface area (Å²) in [4.78, 5) is 24.4. The molecule has 0 atom stereocenters. The van der Waals surface area contributed by atoms with Crippen LogP contribution in [0.15, 0.2) is 35.3 Å². The van der Waals surface area contributed by atoms with Crippen molar-refractivity contribution in [3.63, 3.8) is 0 Å². The third-order valence-corrected chi connectivity index (χ3v) is 3.64. The number of aryl methyl sites for hydroxylation is 1. The minimum atomic E-state index is -4.51. The lowest BCUT2D eigenvalue weighted by molar-refractivity contribution is -0.137. The Kier molecular flexibility index (Phi) is 4.31. The second-order valence-electron chi connectivity index (χ2n) is 5.10. The lowest BCUT2D eigenvalue weighted by Gasteiger charge is -2.14. The smallest absolute Gasteiger partial charge is 0.355 e. The van der Waals surface area contributed by atoms with E-state index in [2.05, 4.69) is 5.32 Å². The molecule has 0 bridgehead atoms. The molecule has 0 unspecified atom stereocenters. The summed E-state index contributed by atoms with van der Waals surface area (Å²) >= 11 is 0. The Morgan fingerprint density at radius 1 is 1.26 bits per heavy atom. The molecule has 0 aliphatic rings. The molecule has 122 valence electrons. The zero-order valence-electron chi connectivity index (χ0n) is 12.8. The molecule has 2 rings (SSSR count). The zero-order chi connectivity index (χ0) is 17.4. The van der Waals surface area contributed by atoms with Crippen LogP contribution in [0.25, 0.3) is 11.1 Å². The molecule has 0 spiro atoms. The Balaban J connectivity index is 2.76. The van der Waals surface area contributed by atoms with Gasteiger partial charge < -0.3 is 9.88 Å². The average Bonchev–Trinajstić information content (AvgIpc) is 2.50. The number of rotatable bonds is 2. The Morgan fingerprint density at radius 2 is 1.91 bits per heavy atom. The second-order valence-corrected chi connectivity index (χ2v) is 5.10. The van der Waals surface area contributed by atoms with Crippen LogP contribution in [0.2, 0.25) is 0 Å². The van der Waals surface area contributed by atoms with Crippen LogP contribution in [-0.4, -0.2) is 17.5 Å². The molecule has 0 aliphatic heterocycles. The monoisotopic (exact) mass is 324 g/mol. The third-order valence-electron chi connectivity index (χ3n) is 3.64. The number of aromatic nitrogens is 1. The van der Waals surface area contributed by atoms with Gasteiger partial charge in [-0.3, -0.25) is 9.59 Å². The summed E-state index contributed by atoms with van der Waals surface area (Å²) in [7, 11) is 3.00. The van der Waals surface area contributed by atoms with E-state index in [1.54, 1.807) is 18.5 Å². The zero-order valence-corrected chi connectivity index (χ0v) is 12.8. The lowest BCUT2D eigenvalue weighted by Crippen LogP contribution is -2.28. The van der Waals surface area contributed by atoms with Gasteiger partial charge in [0.05, 0.1) is 5.56 Å². The topological polar surface area (TPSA) is 51.1 Å². The SMILES string of the molecule is CNC(=O)c1cn(C)c(C)c(-c2cccc(C(F)(F)F)c2)c1=O. The number of nitrogens with zero attached hydrogens (tertiary/aromatic N) is 1. The summed E-state index contributed by atoms with van der Waals surface area (Å²) in [6.07, 6.45) is -3.14. The predicted molar refractivity (Wildman–Crippen MR) is 80.2 cm³/mol. The Bertz CT molecular complexity index is 823. The highest BCUT2D eigenvalue weighted by molar-refractivity contribution is 5.95. The third kappa shape index (κ3) is 3.13. The molecule has 7 heteroatoms. The first kappa shape index (κ1) is 16.8. The van der Waals surface area contributed by atoms with E-state index in [1.807, 2.05) is 0 Å². The highest BCUT2D eigenvalue weighted by atomic mass is 19.4. The van der Waals surface area contributed by atoms with E-state index >= 15 is 0 Å². The summed E-state index contributed by atoms with van der Waals surface area (Å²) in [5.74, 6) is -0.584. The molecule has 1 N–H and O–H groups in total. The summed E-state index contributed by atoms with van der Waals surface area (Å²) in [6.45, 7) is 1.62. The first-order chi connectivity index (χ1) is 10.7. The van der Waals surface area contributed by atoms with Crippen LogP contribution in [0.3, 0.4) is 0 Å². The van der Waals surface area contributed by atoms with E-state index in [9.17, 15) is 22.8 Å². The maximum atomic E-state index is 12.9. The van der Waals surface area contributed by atoms with Crippen LogP contribution in [0, 0.1) is 6.92 Å². The maximum Gasteiger partial charge on any atom is 0.416 e. The predicted octanol–water partition coefficient (Wildman–Crippen LogP) is 2.74. The Labute approximate surface area is 130 Å². The van der Waals surface area contributed by atoms with Crippen LogP contribution in [0.4, 0.5) is 13.2 Å². The maximum absolute atomic E-state index is 12.9. The van der Waals surface area contributed by atoms with Gasteiger partial charge in [0.2, 0.25) is 5.43 Å². The van der Waals surface area contributed by atoms with Crippen molar-refractivity contribution in [1.82, 2.24) is 9.88 Å². The summed E-state index contributed by atoms with van der Waals surface area (Å²) in [6, 6.07) is 4.51. The van der Waals surface area contributed by atoms with Crippen molar-refractivity contribution >= 4 is 5.91 Å². The van der Waals surface area contributed by atoms with E-state index in [0.29, 0.717) is 5.69 Å². The van der Waals surface area contributed by atoms with Crippen molar-refractivity contribution in [3.05, 3.63) is 57.5 Å². The number of benzene rings is 1. The molecule has 1 aromatic heterocycles. The van der Waals surface area contributed by atoms with Crippen molar-refractivity contribution in [3.8, 4) is 11.1 Å². The molecule has 1 amide bonds. The Hall–Kier alpha value is -2.57. The van der Waals surface area contributed by atoms with E-state index in [-0.39, 0.29) is 16.7 Å². The number of carbonyl (C=O) groups excluding carboxylic acids is 1. The van der Waals surface area contributed by atoms with E-state index in [1.165, 1.54) is 25.4 Å². The molecule has 0 radical (unpaired) electrons. The number of pyridine rings is 1. The van der Waals surface area contributed by atoms with E-state index < -0.39 is 23.1 Å². The van der Waals surface area contributed by atoms with Crippen LogP contribution in [0.5, 0.6) is 0 Å². The molecule has 1 aromatic carbocycles. The van der Waals surface area contributed by atoms with Crippen LogP contribution < -0.4 is 10.7 Å². The minimum Gasteiger partial charge on any atom is -0.355 e. The average molecular weight is 324 g/mol. The number of hydrogen-bond acceptors (Lipinski definition) is 2. The summed E-state index contributed by atoms with van der Waals surface area (Å²) in [5.41, 5.74) is -0.876. The molecule has 0 saturated carbocycles. The van der Waals surface area contributed by atoms with Gasteiger partial charge in [-0.1, -0.05) is 12.1 Å². The number of halogens is 3. The molecule has 1 heterocycles. The van der Waals surface area contributed by atoms with Crippen molar-refractivity contribution < 1.29 is 18.0 Å². The van der Waals surface area contributed by atoms with Gasteiger partial charge in [-0.05, 0) is 24.6 Å². The van der Waals surface area contributed by atoms with Gasteiger partial charge in [0.1, 0.15) is 5.56 Å². The largest absolute Gasteiger partial charge is 0.416 e. The fourth-order valence-corrected chi connectivity index (χ4v) is 2.31. The number of carbonyl (C=O) groups is 1. The van der Waals surface area contributed by atoms with Crippen molar-refractivity contribution in [1.29, 1.82) is 0 Å². The standard InChI is InChI=1S/C16H15F3N2O2/c1-9-13(10-5-4-6-11(7-10)16(17,18)19)14(22)12(8-21(9)3)15(23)20-2/h4-8H,1-3H3,(H,20,23). The normalized spacial score (nSPS) is 11.4. The highest BCUT2D eigenvalue weighted by Crippen LogP contribution is 2.32. The van der Waals surface area contributed by atoms with Crippen LogP contribution in [-0.2, 0) is 13.2 Å². The van der Waals surface area contributed by atoms with Crippen LogP contribution in [0.1, 0.15) is 21.6 Å². The summed E-state index contributed by atoms with van der Waals surface area (Å²) < 4.78 is 40.2. The van der Waals surface area contributed by atoms with Gasteiger partial charge in [0.25, 0.3) is 5.91 Å². The fraction of sp³-hybridized carbons (Fsp3) is 0.250. The fourth-order valence-electron chi connectivity index (χ4n) is 2.31. The first-order valence-corrected chi connectivity index (χ1v) is 6.76. The molecular formula is C16H15F3N2O2. The van der Waals surface area contributed by atoms with Gasteiger partial charge >= 0.3 is 6.18 Å². The van der Waals surface area contributed by atoms with Gasteiger partial charge in [-0.2, -0.15) is 13.2 Å². The first-order valence-electron chi connectivity index (χ1n) is 6.76. The van der Waals surface area contributed by atoms with Gasteiger partial charge in [0, 0.05) is 31.5 Å². The number of nitrogens with one attached hydrogen (secondary N) is 1. The Morgan fingerprint density at radius 3 is 2.48 bits per heavy atom. The minimum absolute atomic E-state index is 0.0831. The number of amides is 1. The molecule has 0 fully saturated rings. The lowest BCUT2D eigenvalue weighted by atomic mass is 9.99. The number of alkyl halides is 3. The molecule has 23 heavy (non-hydrogen) atoms. The van der Waals surface area contributed by atoms with E-state index in [4.69, 9.17) is 0 Å². The molecule has 0 aliphatic carbocycles. The molecule has 4 nitrogen and oxygen atoms in total.